The molecule has 2 unspecified atom stereocenters. The molecular weight excluding hydrogens is 136 g/mol. The van der Waals surface area contributed by atoms with E-state index in [9.17, 15) is 4.79 Å². The van der Waals surface area contributed by atoms with E-state index in [4.69, 9.17) is 15.3 Å². The molecule has 0 spiro atoms. The van der Waals surface area contributed by atoms with Gasteiger partial charge in [0.25, 0.3) is 0 Å². The number of carboxylic acid groups (broad SMARTS) is 1. The molecule has 0 saturated carbocycles. The molecule has 0 fully saturated rings. The average Bonchev–Trinajstić information content (AvgIpc) is 1.88. The lowest BCUT2D eigenvalue weighted by atomic mass is 9.96. The summed E-state index contributed by atoms with van der Waals surface area (Å²) in [7, 11) is 0. The normalized spacial score (nSPS) is 16.3. The Balaban J connectivity index is 3.92. The summed E-state index contributed by atoms with van der Waals surface area (Å²) >= 11 is 0. The maximum atomic E-state index is 10.3. The molecule has 0 saturated heterocycles. The molecule has 2 atom stereocenters. The third kappa shape index (κ3) is 2.33. The zero-order valence-corrected chi connectivity index (χ0v) is 5.82. The second-order valence-electron chi connectivity index (χ2n) is 2.29. The number of carbonyl (C=O) groups is 1. The van der Waals surface area contributed by atoms with Crippen LogP contribution in [0.2, 0.25) is 0 Å². The van der Waals surface area contributed by atoms with Gasteiger partial charge >= 0.3 is 5.97 Å². The number of hydrogen-bond donors (Lipinski definition) is 3. The molecule has 3 N–H and O–H groups in total. The van der Waals surface area contributed by atoms with Gasteiger partial charge in [0, 0.05) is 6.61 Å². The molecule has 0 aromatic heterocycles. The highest BCUT2D eigenvalue weighted by Crippen LogP contribution is 2.09. The summed E-state index contributed by atoms with van der Waals surface area (Å²) in [5.74, 6) is -2.29. The molecule has 0 aliphatic heterocycles. The predicted octanol–water partition coefficient (Wildman–Crippen LogP) is -0.692. The van der Waals surface area contributed by atoms with Crippen LogP contribution in [-0.2, 0) is 4.79 Å². The standard InChI is InChI=1S/C6H12O4/c1-4(2-7)5(3-8)6(9)10/h4-5,7-8H,2-3H2,1H3,(H,9,10). The van der Waals surface area contributed by atoms with Gasteiger partial charge in [0.05, 0.1) is 12.5 Å². The SMILES string of the molecule is CC(CO)C(CO)C(=O)O. The van der Waals surface area contributed by atoms with Crippen molar-refractivity contribution in [1.29, 1.82) is 0 Å². The lowest BCUT2D eigenvalue weighted by Gasteiger charge is -2.14. The van der Waals surface area contributed by atoms with Crippen LogP contribution in [0.1, 0.15) is 6.92 Å². The number of aliphatic hydroxyl groups excluding tert-OH is 2. The van der Waals surface area contributed by atoms with Crippen molar-refractivity contribution >= 4 is 5.97 Å². The molecule has 4 heteroatoms. The number of carboxylic acids is 1. The van der Waals surface area contributed by atoms with Gasteiger partial charge in [-0.15, -0.1) is 0 Å². The molecule has 0 rings (SSSR count). The van der Waals surface area contributed by atoms with Crippen LogP contribution in [0.15, 0.2) is 0 Å². The molecule has 0 aliphatic rings. The molecular formula is C6H12O4. The van der Waals surface area contributed by atoms with Gasteiger partial charge in [-0.25, -0.2) is 0 Å². The predicted molar refractivity (Wildman–Crippen MR) is 34.5 cm³/mol. The fourth-order valence-corrected chi connectivity index (χ4v) is 0.629. The lowest BCUT2D eigenvalue weighted by molar-refractivity contribution is -0.145. The molecule has 0 heterocycles. The molecule has 0 amide bonds. The zero-order chi connectivity index (χ0) is 8.15. The van der Waals surface area contributed by atoms with E-state index in [-0.39, 0.29) is 12.5 Å². The number of hydrogen-bond acceptors (Lipinski definition) is 3. The van der Waals surface area contributed by atoms with E-state index in [1.54, 1.807) is 6.92 Å². The van der Waals surface area contributed by atoms with Crippen LogP contribution in [0.3, 0.4) is 0 Å². The Morgan fingerprint density at radius 2 is 1.90 bits per heavy atom. The second kappa shape index (κ2) is 4.24. The van der Waals surface area contributed by atoms with Crippen molar-refractivity contribution < 1.29 is 20.1 Å². The largest absolute Gasteiger partial charge is 0.481 e. The van der Waals surface area contributed by atoms with Gasteiger partial charge in [-0.05, 0) is 5.92 Å². The quantitative estimate of drug-likeness (QED) is 0.493. The van der Waals surface area contributed by atoms with Crippen molar-refractivity contribution in [2.45, 2.75) is 6.92 Å². The maximum absolute atomic E-state index is 10.3. The van der Waals surface area contributed by atoms with E-state index in [1.165, 1.54) is 0 Å². The smallest absolute Gasteiger partial charge is 0.309 e. The van der Waals surface area contributed by atoms with Crippen LogP contribution in [-0.4, -0.2) is 34.5 Å². The number of aliphatic carboxylic acids is 1. The van der Waals surface area contributed by atoms with Gasteiger partial charge in [-0.3, -0.25) is 4.79 Å². The van der Waals surface area contributed by atoms with Crippen molar-refractivity contribution in [2.75, 3.05) is 13.2 Å². The van der Waals surface area contributed by atoms with Crippen molar-refractivity contribution in [2.24, 2.45) is 11.8 Å². The zero-order valence-electron chi connectivity index (χ0n) is 5.82. The Labute approximate surface area is 59.1 Å². The fraction of sp³-hybridized carbons (Fsp3) is 0.833. The number of rotatable bonds is 4. The first-order valence-corrected chi connectivity index (χ1v) is 3.08. The Hall–Kier alpha value is -0.610. The highest BCUT2D eigenvalue weighted by molar-refractivity contribution is 5.70. The monoisotopic (exact) mass is 148 g/mol. The summed E-state index contributed by atoms with van der Waals surface area (Å²) in [6, 6.07) is 0. The number of aliphatic hydroxyl groups is 2. The molecule has 0 radical (unpaired) electrons. The molecule has 60 valence electrons. The van der Waals surface area contributed by atoms with Gasteiger partial charge in [0.1, 0.15) is 0 Å². The van der Waals surface area contributed by atoms with Gasteiger partial charge in [0.2, 0.25) is 0 Å². The van der Waals surface area contributed by atoms with Crippen LogP contribution < -0.4 is 0 Å². The molecule has 0 aromatic rings. The van der Waals surface area contributed by atoms with E-state index in [0.29, 0.717) is 0 Å². The maximum Gasteiger partial charge on any atom is 0.309 e. The minimum absolute atomic E-state index is 0.211. The van der Waals surface area contributed by atoms with E-state index in [2.05, 4.69) is 0 Å². The second-order valence-corrected chi connectivity index (χ2v) is 2.29. The van der Waals surface area contributed by atoms with Crippen LogP contribution in [0.25, 0.3) is 0 Å². The topological polar surface area (TPSA) is 77.8 Å². The highest BCUT2D eigenvalue weighted by atomic mass is 16.4. The fourth-order valence-electron chi connectivity index (χ4n) is 0.629. The van der Waals surface area contributed by atoms with Crippen molar-refractivity contribution in [3.8, 4) is 0 Å². The van der Waals surface area contributed by atoms with Crippen LogP contribution in [0.5, 0.6) is 0 Å². The Kier molecular flexibility index (Phi) is 3.99. The molecule has 0 aliphatic carbocycles. The van der Waals surface area contributed by atoms with Crippen molar-refractivity contribution in [3.05, 3.63) is 0 Å². The Morgan fingerprint density at radius 3 is 2.00 bits per heavy atom. The first-order valence-electron chi connectivity index (χ1n) is 3.08. The third-order valence-corrected chi connectivity index (χ3v) is 1.49. The molecule has 0 aromatic carbocycles. The van der Waals surface area contributed by atoms with Gasteiger partial charge in [-0.1, -0.05) is 6.92 Å². The van der Waals surface area contributed by atoms with Crippen molar-refractivity contribution in [1.82, 2.24) is 0 Å². The summed E-state index contributed by atoms with van der Waals surface area (Å²) in [6.07, 6.45) is 0. The van der Waals surface area contributed by atoms with E-state index in [1.807, 2.05) is 0 Å². The van der Waals surface area contributed by atoms with E-state index >= 15 is 0 Å². The minimum Gasteiger partial charge on any atom is -0.481 e. The summed E-state index contributed by atoms with van der Waals surface area (Å²) < 4.78 is 0. The minimum atomic E-state index is -1.07. The van der Waals surface area contributed by atoms with Gasteiger partial charge in [-0.2, -0.15) is 0 Å². The van der Waals surface area contributed by atoms with Gasteiger partial charge < -0.3 is 15.3 Å². The van der Waals surface area contributed by atoms with E-state index in [0.717, 1.165) is 0 Å². The first kappa shape index (κ1) is 9.39. The summed E-state index contributed by atoms with van der Waals surface area (Å²) in [5.41, 5.74) is 0. The molecule has 10 heavy (non-hydrogen) atoms. The summed E-state index contributed by atoms with van der Waals surface area (Å²) in [5, 5.41) is 25.4. The third-order valence-electron chi connectivity index (χ3n) is 1.49. The van der Waals surface area contributed by atoms with Crippen molar-refractivity contribution in [3.63, 3.8) is 0 Å². The molecule has 4 nitrogen and oxygen atoms in total. The Morgan fingerprint density at radius 1 is 1.40 bits per heavy atom. The van der Waals surface area contributed by atoms with Crippen LogP contribution >= 0.6 is 0 Å². The van der Waals surface area contributed by atoms with Gasteiger partial charge in [0.15, 0.2) is 0 Å². The van der Waals surface area contributed by atoms with Crippen LogP contribution in [0.4, 0.5) is 0 Å². The first-order chi connectivity index (χ1) is 4.63. The summed E-state index contributed by atoms with van der Waals surface area (Å²) in [4.78, 5) is 10.3. The summed E-state index contributed by atoms with van der Waals surface area (Å²) in [6.45, 7) is 0.948. The highest BCUT2D eigenvalue weighted by Gasteiger charge is 2.22. The lowest BCUT2D eigenvalue weighted by Crippen LogP contribution is -2.27. The molecule has 0 bridgehead atoms. The Bertz CT molecular complexity index is 112. The van der Waals surface area contributed by atoms with Crippen LogP contribution in [0, 0.1) is 11.8 Å². The van der Waals surface area contributed by atoms with E-state index < -0.39 is 18.5 Å². The average molecular weight is 148 g/mol.